The van der Waals surface area contributed by atoms with Crippen molar-refractivity contribution in [2.24, 2.45) is 0 Å². The number of rotatable bonds is 11. The first-order valence-electron chi connectivity index (χ1n) is 23.1. The van der Waals surface area contributed by atoms with E-state index in [4.69, 9.17) is 9.47 Å². The van der Waals surface area contributed by atoms with E-state index < -0.39 is 5.41 Å². The van der Waals surface area contributed by atoms with E-state index in [1.54, 1.807) is 14.2 Å². The molecule has 0 aromatic heterocycles. The molecule has 0 fully saturated rings. The maximum atomic E-state index is 6.11. The largest absolute Gasteiger partial charge is 0.496 e. The molecule has 10 aromatic carbocycles. The molecule has 5 nitrogen and oxygen atoms in total. The van der Waals surface area contributed by atoms with Crippen molar-refractivity contribution >= 4 is 51.2 Å². The molecule has 0 amide bonds. The summed E-state index contributed by atoms with van der Waals surface area (Å²) in [6.45, 7) is 0. The molecule has 0 saturated carbocycles. The first-order chi connectivity index (χ1) is 33.7. The van der Waals surface area contributed by atoms with Crippen molar-refractivity contribution < 1.29 is 9.47 Å². The van der Waals surface area contributed by atoms with Crippen molar-refractivity contribution in [1.82, 2.24) is 0 Å². The summed E-state index contributed by atoms with van der Waals surface area (Å²) in [5.41, 5.74) is 18.6. The van der Waals surface area contributed by atoms with Crippen LogP contribution in [0.5, 0.6) is 11.5 Å². The second kappa shape index (κ2) is 16.9. The molecular formula is C63H47N3O2. The van der Waals surface area contributed by atoms with E-state index in [1.165, 1.54) is 38.9 Å². The Morgan fingerprint density at radius 1 is 0.279 bits per heavy atom. The summed E-state index contributed by atoms with van der Waals surface area (Å²) in [5, 5.41) is 0. The Bertz CT molecular complexity index is 3470. The Morgan fingerprint density at radius 2 is 0.632 bits per heavy atom. The van der Waals surface area contributed by atoms with Crippen LogP contribution in [0.4, 0.5) is 51.2 Å². The Balaban J connectivity index is 1.05. The van der Waals surface area contributed by atoms with Gasteiger partial charge in [0, 0.05) is 50.9 Å². The molecule has 326 valence electrons. The molecule has 2 aliphatic carbocycles. The van der Waals surface area contributed by atoms with Gasteiger partial charge in [-0.1, -0.05) is 152 Å². The van der Waals surface area contributed by atoms with Crippen LogP contribution in [0, 0.1) is 0 Å². The van der Waals surface area contributed by atoms with Gasteiger partial charge in [0.1, 0.15) is 11.5 Å². The van der Waals surface area contributed by atoms with Gasteiger partial charge in [0.2, 0.25) is 0 Å². The highest BCUT2D eigenvalue weighted by molar-refractivity contribution is 6.02. The Labute approximate surface area is 398 Å². The predicted molar refractivity (Wildman–Crippen MR) is 280 cm³/mol. The van der Waals surface area contributed by atoms with Crippen LogP contribution in [0.3, 0.4) is 0 Å². The zero-order valence-electron chi connectivity index (χ0n) is 37.8. The average Bonchev–Trinajstić information content (AvgIpc) is 3.88. The molecule has 1 atom stereocenters. The Kier molecular flexibility index (Phi) is 10.1. The fourth-order valence-corrected chi connectivity index (χ4v) is 10.9. The van der Waals surface area contributed by atoms with Gasteiger partial charge in [0.15, 0.2) is 0 Å². The number of methoxy groups -OCH3 is 2. The maximum absolute atomic E-state index is 6.11. The predicted octanol–water partition coefficient (Wildman–Crippen LogP) is 16.5. The van der Waals surface area contributed by atoms with Crippen molar-refractivity contribution in [3.05, 3.63) is 271 Å². The second-order valence-corrected chi connectivity index (χ2v) is 17.1. The first-order valence-corrected chi connectivity index (χ1v) is 23.1. The van der Waals surface area contributed by atoms with Crippen LogP contribution in [0.25, 0.3) is 22.3 Å². The normalized spacial score (nSPS) is 13.8. The molecule has 0 aliphatic heterocycles. The quantitative estimate of drug-likeness (QED) is 0.129. The molecule has 68 heavy (non-hydrogen) atoms. The minimum Gasteiger partial charge on any atom is -0.496 e. The Hall–Kier alpha value is -8.80. The number of ether oxygens (including phenoxy) is 2. The monoisotopic (exact) mass is 877 g/mol. The van der Waals surface area contributed by atoms with Crippen LogP contribution in [0.15, 0.2) is 249 Å². The van der Waals surface area contributed by atoms with Crippen molar-refractivity contribution in [1.29, 1.82) is 0 Å². The molecule has 12 rings (SSSR count). The zero-order chi connectivity index (χ0) is 45.6. The molecule has 2 aliphatic rings. The van der Waals surface area contributed by atoms with Gasteiger partial charge in [0.25, 0.3) is 0 Å². The van der Waals surface area contributed by atoms with Gasteiger partial charge >= 0.3 is 0 Å². The summed E-state index contributed by atoms with van der Waals surface area (Å²) in [6, 6.07) is 89.1. The summed E-state index contributed by atoms with van der Waals surface area (Å²) >= 11 is 0. The van der Waals surface area contributed by atoms with E-state index in [0.717, 1.165) is 68.2 Å². The molecule has 1 spiro atoms. The van der Waals surface area contributed by atoms with Gasteiger partial charge in [-0.15, -0.1) is 0 Å². The summed E-state index contributed by atoms with van der Waals surface area (Å²) in [4.78, 5) is 7.04. The molecule has 10 aromatic rings. The van der Waals surface area contributed by atoms with E-state index in [2.05, 4.69) is 245 Å². The van der Waals surface area contributed by atoms with Crippen LogP contribution in [-0.2, 0) is 5.41 Å². The highest BCUT2D eigenvalue weighted by Crippen LogP contribution is 2.66. The second-order valence-electron chi connectivity index (χ2n) is 17.1. The van der Waals surface area contributed by atoms with Gasteiger partial charge in [-0.2, -0.15) is 0 Å². The van der Waals surface area contributed by atoms with Crippen LogP contribution in [0.1, 0.15) is 22.3 Å². The lowest BCUT2D eigenvalue weighted by molar-refractivity contribution is 0.416. The molecule has 0 N–H and O–H groups in total. The minimum absolute atomic E-state index is 0.543. The van der Waals surface area contributed by atoms with Crippen molar-refractivity contribution in [2.75, 3.05) is 28.9 Å². The van der Waals surface area contributed by atoms with Gasteiger partial charge < -0.3 is 24.2 Å². The molecule has 0 saturated heterocycles. The number of nitrogens with zero attached hydrogens (tertiary/aromatic N) is 3. The average molecular weight is 878 g/mol. The number of para-hydroxylation sites is 5. The summed E-state index contributed by atoms with van der Waals surface area (Å²) < 4.78 is 12.1. The highest BCUT2D eigenvalue weighted by Gasteiger charge is 2.53. The highest BCUT2D eigenvalue weighted by atomic mass is 16.5. The third-order valence-electron chi connectivity index (χ3n) is 13.6. The SMILES string of the molecule is COc1ccccc1N(c1ccccc1)c1cccc(N(c2ccccc2)c2cccc(N(c3ccccc3)c3cccc4c3-c3ccccc3C43c4ccccc4-c4c(OC)cccc43)c2)c1. The van der Waals surface area contributed by atoms with Crippen LogP contribution in [-0.4, -0.2) is 14.2 Å². The molecule has 0 heterocycles. The first kappa shape index (κ1) is 40.7. The van der Waals surface area contributed by atoms with Gasteiger partial charge in [0.05, 0.1) is 31.0 Å². The van der Waals surface area contributed by atoms with Crippen molar-refractivity contribution in [3.8, 4) is 33.8 Å². The van der Waals surface area contributed by atoms with Gasteiger partial charge in [-0.3, -0.25) is 0 Å². The number of benzene rings is 10. The third-order valence-corrected chi connectivity index (χ3v) is 13.6. The topological polar surface area (TPSA) is 28.2 Å². The number of hydrogen-bond acceptors (Lipinski definition) is 5. The Morgan fingerprint density at radius 3 is 1.19 bits per heavy atom. The smallest absolute Gasteiger partial charge is 0.142 e. The zero-order valence-corrected chi connectivity index (χ0v) is 37.8. The number of anilines is 9. The van der Waals surface area contributed by atoms with Gasteiger partial charge in [-0.05, 0) is 130 Å². The third kappa shape index (κ3) is 6.39. The maximum Gasteiger partial charge on any atom is 0.142 e. The fraction of sp³-hybridized carbons (Fsp3) is 0.0476. The van der Waals surface area contributed by atoms with Crippen LogP contribution in [0.2, 0.25) is 0 Å². The number of fused-ring (bicyclic) bond motifs is 10. The van der Waals surface area contributed by atoms with Gasteiger partial charge in [-0.25, -0.2) is 0 Å². The minimum atomic E-state index is -0.543. The molecule has 0 bridgehead atoms. The lowest BCUT2D eigenvalue weighted by Gasteiger charge is -2.32. The summed E-state index contributed by atoms with van der Waals surface area (Å²) in [5.74, 6) is 1.68. The standard InChI is InChI=1S/C63H47N3O2/c1-67-59-40-17-16-38-57(59)65(45-24-8-4-9-25-45)49-30-18-28-47(42-49)64(44-22-6-3-7-23-44)48-29-19-31-50(43-48)66(46-26-10-5-11-27-46)58-39-20-36-55-61(58)51-32-12-14-34-53(51)63(55)54-35-15-13-33-52(54)62-56(63)37-21-41-60(62)68-2/h3-43H,1-2H3. The van der Waals surface area contributed by atoms with E-state index in [9.17, 15) is 0 Å². The van der Waals surface area contributed by atoms with Crippen molar-refractivity contribution in [3.63, 3.8) is 0 Å². The van der Waals surface area contributed by atoms with Crippen LogP contribution >= 0.6 is 0 Å². The number of hydrogen-bond donors (Lipinski definition) is 0. The summed E-state index contributed by atoms with van der Waals surface area (Å²) in [7, 11) is 3.51. The molecule has 0 radical (unpaired) electrons. The molecule has 1 unspecified atom stereocenters. The van der Waals surface area contributed by atoms with E-state index in [-0.39, 0.29) is 0 Å². The molecular weight excluding hydrogens is 831 g/mol. The van der Waals surface area contributed by atoms with Crippen LogP contribution < -0.4 is 24.2 Å². The van der Waals surface area contributed by atoms with E-state index in [0.29, 0.717) is 0 Å². The summed E-state index contributed by atoms with van der Waals surface area (Å²) in [6.07, 6.45) is 0. The van der Waals surface area contributed by atoms with Crippen molar-refractivity contribution in [2.45, 2.75) is 5.41 Å². The lowest BCUT2D eigenvalue weighted by Crippen LogP contribution is -2.26. The lowest BCUT2D eigenvalue weighted by atomic mass is 9.70. The fourth-order valence-electron chi connectivity index (χ4n) is 10.9. The molecule has 5 heteroatoms. The van der Waals surface area contributed by atoms with E-state index >= 15 is 0 Å². The van der Waals surface area contributed by atoms with E-state index in [1.807, 2.05) is 18.2 Å².